The number of benzene rings is 3. The second kappa shape index (κ2) is 9.40. The molecule has 0 spiro atoms. The molecule has 1 aliphatic rings. The first-order chi connectivity index (χ1) is 17.0. The first-order valence-electron chi connectivity index (χ1n) is 10.5. The van der Waals surface area contributed by atoms with Crippen LogP contribution in [0.4, 0.5) is 11.4 Å². The Kier molecular flexibility index (Phi) is 6.14. The third-order valence-electron chi connectivity index (χ3n) is 5.41. The molecule has 3 aromatic carbocycles. The average molecular weight is 506 g/mol. The molecule has 0 saturated heterocycles. The Morgan fingerprint density at radius 3 is 2.43 bits per heavy atom. The van der Waals surface area contributed by atoms with Gasteiger partial charge in [-0.1, -0.05) is 23.9 Å². The van der Waals surface area contributed by atoms with Crippen molar-refractivity contribution in [1.29, 1.82) is 0 Å². The molecule has 1 N–H and O–H groups in total. The molecule has 4 aromatic rings. The van der Waals surface area contributed by atoms with Crippen molar-refractivity contribution in [3.63, 3.8) is 0 Å². The molecule has 176 valence electrons. The molecule has 35 heavy (non-hydrogen) atoms. The lowest BCUT2D eigenvalue weighted by molar-refractivity contribution is -0.113. The van der Waals surface area contributed by atoms with Crippen molar-refractivity contribution in [3.05, 3.63) is 71.8 Å². The van der Waals surface area contributed by atoms with E-state index in [4.69, 9.17) is 9.47 Å². The van der Waals surface area contributed by atoms with Crippen LogP contribution in [-0.2, 0) is 4.79 Å². The molecule has 8 nitrogen and oxygen atoms in total. The van der Waals surface area contributed by atoms with Gasteiger partial charge < -0.3 is 14.8 Å². The number of imide groups is 1. The summed E-state index contributed by atoms with van der Waals surface area (Å²) in [6.07, 6.45) is 0. The number of rotatable bonds is 7. The zero-order valence-electron chi connectivity index (χ0n) is 18.7. The molecule has 1 aliphatic heterocycles. The lowest BCUT2D eigenvalue weighted by Gasteiger charge is -2.13. The number of nitrogens with zero attached hydrogens (tertiary/aromatic N) is 2. The van der Waals surface area contributed by atoms with Gasteiger partial charge in [-0.3, -0.25) is 14.4 Å². The first-order valence-corrected chi connectivity index (χ1v) is 12.3. The van der Waals surface area contributed by atoms with E-state index >= 15 is 0 Å². The van der Waals surface area contributed by atoms with Crippen LogP contribution in [0.2, 0.25) is 0 Å². The highest BCUT2D eigenvalue weighted by molar-refractivity contribution is 8.01. The molecule has 0 aliphatic carbocycles. The van der Waals surface area contributed by atoms with Crippen LogP contribution < -0.4 is 19.7 Å². The van der Waals surface area contributed by atoms with Crippen molar-refractivity contribution in [2.45, 2.75) is 4.34 Å². The third kappa shape index (κ3) is 4.33. The van der Waals surface area contributed by atoms with Crippen molar-refractivity contribution < 1.29 is 23.9 Å². The van der Waals surface area contributed by atoms with Crippen molar-refractivity contribution in [2.24, 2.45) is 0 Å². The summed E-state index contributed by atoms with van der Waals surface area (Å²) in [6, 6.07) is 17.2. The quantitative estimate of drug-likeness (QED) is 0.283. The Morgan fingerprint density at radius 2 is 1.74 bits per heavy atom. The SMILES string of the molecule is COc1ccc(OC)c(NC(=O)CSc2nc3ccc(N4C(=O)c5ccccc5C4=O)cc3s2)c1. The summed E-state index contributed by atoms with van der Waals surface area (Å²) in [7, 11) is 3.08. The van der Waals surface area contributed by atoms with Gasteiger partial charge in [0.2, 0.25) is 5.91 Å². The van der Waals surface area contributed by atoms with Gasteiger partial charge in [0.25, 0.3) is 11.8 Å². The Bertz CT molecular complexity index is 1450. The number of fused-ring (bicyclic) bond motifs is 2. The fraction of sp³-hybridized carbons (Fsp3) is 0.120. The molecular formula is C25H19N3O5S2. The fourth-order valence-corrected chi connectivity index (χ4v) is 5.64. The molecule has 3 amide bonds. The zero-order chi connectivity index (χ0) is 24.5. The minimum atomic E-state index is -0.339. The predicted octanol–water partition coefficient (Wildman–Crippen LogP) is 4.84. The lowest BCUT2D eigenvalue weighted by Crippen LogP contribution is -2.29. The van der Waals surface area contributed by atoms with E-state index in [1.54, 1.807) is 67.8 Å². The Balaban J connectivity index is 1.30. The van der Waals surface area contributed by atoms with Gasteiger partial charge in [0, 0.05) is 6.07 Å². The van der Waals surface area contributed by atoms with Crippen LogP contribution in [0.15, 0.2) is 65.0 Å². The Hall–Kier alpha value is -3.89. The topological polar surface area (TPSA) is 97.8 Å². The number of methoxy groups -OCH3 is 2. The number of anilines is 2. The van der Waals surface area contributed by atoms with Gasteiger partial charge in [-0.25, -0.2) is 9.88 Å². The van der Waals surface area contributed by atoms with Crippen molar-refractivity contribution in [1.82, 2.24) is 4.98 Å². The highest BCUT2D eigenvalue weighted by Gasteiger charge is 2.36. The van der Waals surface area contributed by atoms with Crippen molar-refractivity contribution in [2.75, 3.05) is 30.2 Å². The summed E-state index contributed by atoms with van der Waals surface area (Å²) >= 11 is 2.70. The van der Waals surface area contributed by atoms with Gasteiger partial charge in [-0.2, -0.15) is 0 Å². The zero-order valence-corrected chi connectivity index (χ0v) is 20.4. The molecule has 0 unspecified atom stereocenters. The molecule has 0 atom stereocenters. The van der Waals surface area contributed by atoms with E-state index in [0.717, 1.165) is 10.2 Å². The average Bonchev–Trinajstić information content (AvgIpc) is 3.40. The number of ether oxygens (including phenoxy) is 2. The second-order valence-electron chi connectivity index (χ2n) is 7.53. The molecule has 2 heterocycles. The molecular weight excluding hydrogens is 486 g/mol. The van der Waals surface area contributed by atoms with Crippen LogP contribution in [0.25, 0.3) is 10.2 Å². The highest BCUT2D eigenvalue weighted by atomic mass is 32.2. The molecule has 1 aromatic heterocycles. The van der Waals surface area contributed by atoms with E-state index in [2.05, 4.69) is 10.3 Å². The first kappa shape index (κ1) is 22.9. The van der Waals surface area contributed by atoms with Crippen LogP contribution in [0.5, 0.6) is 11.5 Å². The van der Waals surface area contributed by atoms with E-state index < -0.39 is 0 Å². The largest absolute Gasteiger partial charge is 0.497 e. The number of amides is 3. The van der Waals surface area contributed by atoms with E-state index in [9.17, 15) is 14.4 Å². The number of thiazole rings is 1. The van der Waals surface area contributed by atoms with Crippen LogP contribution in [0, 0.1) is 0 Å². The molecule has 0 bridgehead atoms. The van der Waals surface area contributed by atoms with Gasteiger partial charge in [0.1, 0.15) is 11.5 Å². The minimum Gasteiger partial charge on any atom is -0.497 e. The molecule has 10 heteroatoms. The molecule has 0 saturated carbocycles. The fourth-order valence-electron chi connectivity index (χ4n) is 3.74. The van der Waals surface area contributed by atoms with Gasteiger partial charge in [-0.05, 0) is 42.5 Å². The number of thioether (sulfide) groups is 1. The predicted molar refractivity (Wildman–Crippen MR) is 136 cm³/mol. The standard InChI is InChI=1S/C25H19N3O5S2/c1-32-15-8-10-20(33-2)19(12-15)26-22(29)13-34-25-27-18-9-7-14(11-21(18)35-25)28-23(30)16-5-3-4-6-17(16)24(28)31/h3-12H,13H2,1-2H3,(H,26,29). The summed E-state index contributed by atoms with van der Waals surface area (Å²) in [5.74, 6) is 0.388. The Morgan fingerprint density at radius 1 is 1.00 bits per heavy atom. The summed E-state index contributed by atoms with van der Waals surface area (Å²) < 4.78 is 12.0. The van der Waals surface area contributed by atoms with E-state index in [-0.39, 0.29) is 23.5 Å². The van der Waals surface area contributed by atoms with E-state index in [1.165, 1.54) is 35.1 Å². The van der Waals surface area contributed by atoms with E-state index in [1.807, 2.05) is 0 Å². The van der Waals surface area contributed by atoms with E-state index in [0.29, 0.717) is 38.3 Å². The van der Waals surface area contributed by atoms with Gasteiger partial charge in [0.05, 0.1) is 52.7 Å². The number of carbonyl (C=O) groups excluding carboxylic acids is 3. The van der Waals surface area contributed by atoms with Crippen LogP contribution >= 0.6 is 23.1 Å². The van der Waals surface area contributed by atoms with Crippen LogP contribution in [0.3, 0.4) is 0 Å². The maximum absolute atomic E-state index is 12.8. The molecule has 0 fully saturated rings. The monoisotopic (exact) mass is 505 g/mol. The Labute approximate surface area is 208 Å². The third-order valence-corrected chi connectivity index (χ3v) is 7.57. The second-order valence-corrected chi connectivity index (χ2v) is 9.78. The summed E-state index contributed by atoms with van der Waals surface area (Å²) in [6.45, 7) is 0. The highest BCUT2D eigenvalue weighted by Crippen LogP contribution is 2.35. The summed E-state index contributed by atoms with van der Waals surface area (Å²) in [5, 5.41) is 2.84. The lowest BCUT2D eigenvalue weighted by atomic mass is 10.1. The van der Waals surface area contributed by atoms with Crippen molar-refractivity contribution in [3.8, 4) is 11.5 Å². The van der Waals surface area contributed by atoms with Crippen LogP contribution in [-0.4, -0.2) is 42.7 Å². The van der Waals surface area contributed by atoms with Gasteiger partial charge in [0.15, 0.2) is 4.34 Å². The minimum absolute atomic E-state index is 0.144. The summed E-state index contributed by atoms with van der Waals surface area (Å²) in [4.78, 5) is 43.9. The normalized spacial score (nSPS) is 12.7. The van der Waals surface area contributed by atoms with Crippen LogP contribution in [0.1, 0.15) is 20.7 Å². The molecule has 0 radical (unpaired) electrons. The maximum atomic E-state index is 12.8. The maximum Gasteiger partial charge on any atom is 0.266 e. The number of hydrogen-bond donors (Lipinski definition) is 1. The molecule has 5 rings (SSSR count). The number of hydrogen-bond acceptors (Lipinski definition) is 8. The van der Waals surface area contributed by atoms with Crippen molar-refractivity contribution >= 4 is 62.4 Å². The number of nitrogens with one attached hydrogen (secondary N) is 1. The summed E-state index contributed by atoms with van der Waals surface area (Å²) in [5.41, 5.74) is 2.54. The number of aromatic nitrogens is 1. The van der Waals surface area contributed by atoms with Gasteiger partial charge >= 0.3 is 0 Å². The van der Waals surface area contributed by atoms with Gasteiger partial charge in [-0.15, -0.1) is 11.3 Å². The number of carbonyl (C=O) groups is 3. The smallest absolute Gasteiger partial charge is 0.266 e.